The molecule has 1 atom stereocenters. The topological polar surface area (TPSA) is 55.6 Å². The molecule has 0 aliphatic heterocycles. The average molecular weight is 267 g/mol. The molecule has 0 saturated carbocycles. The summed E-state index contributed by atoms with van der Waals surface area (Å²) in [7, 11) is 1.80. The van der Waals surface area contributed by atoms with Crippen molar-refractivity contribution in [3.63, 3.8) is 0 Å². The summed E-state index contributed by atoms with van der Waals surface area (Å²) in [5.74, 6) is 0.687. The first-order valence-electron chi connectivity index (χ1n) is 5.88. The van der Waals surface area contributed by atoms with Crippen molar-refractivity contribution in [2.45, 2.75) is 25.9 Å². The van der Waals surface area contributed by atoms with Gasteiger partial charge in [-0.15, -0.1) is 0 Å². The van der Waals surface area contributed by atoms with Gasteiger partial charge < -0.3 is 5.32 Å². The zero-order valence-corrected chi connectivity index (χ0v) is 10.7. The third kappa shape index (κ3) is 3.54. The van der Waals surface area contributed by atoms with Crippen LogP contribution in [0.25, 0.3) is 0 Å². The number of hydrogen-bond acceptors (Lipinski definition) is 4. The van der Waals surface area contributed by atoms with Gasteiger partial charge in [0.1, 0.15) is 6.33 Å². The Balaban J connectivity index is 1.91. The van der Waals surface area contributed by atoms with Crippen molar-refractivity contribution in [1.82, 2.24) is 25.1 Å². The molecule has 2 rings (SSSR count). The van der Waals surface area contributed by atoms with Crippen LogP contribution in [0.15, 0.2) is 24.7 Å². The highest BCUT2D eigenvalue weighted by molar-refractivity contribution is 5.15. The number of nitrogens with one attached hydrogen (secondary N) is 1. The lowest BCUT2D eigenvalue weighted by atomic mass is 10.2. The fourth-order valence-corrected chi connectivity index (χ4v) is 1.57. The standard InChI is InChI=1S/C12H15F2N5/c1-8(12-17-7-19(2)18-12)15-6-10-4-3-9(5-16-10)11(13)14/h3-5,7-8,11,15H,6H2,1-2H3/t8-/m1/s1. The largest absolute Gasteiger partial charge is 0.302 e. The number of rotatable bonds is 5. The van der Waals surface area contributed by atoms with E-state index in [9.17, 15) is 8.78 Å². The highest BCUT2D eigenvalue weighted by Gasteiger charge is 2.10. The van der Waals surface area contributed by atoms with E-state index in [1.807, 2.05) is 6.92 Å². The van der Waals surface area contributed by atoms with Crippen LogP contribution in [0, 0.1) is 0 Å². The molecule has 2 aromatic heterocycles. The molecule has 0 aromatic carbocycles. The molecule has 0 radical (unpaired) electrons. The first-order valence-corrected chi connectivity index (χ1v) is 5.88. The second-order valence-corrected chi connectivity index (χ2v) is 4.26. The maximum absolute atomic E-state index is 12.4. The van der Waals surface area contributed by atoms with Crippen LogP contribution < -0.4 is 5.32 Å². The molecule has 0 bridgehead atoms. The van der Waals surface area contributed by atoms with Crippen molar-refractivity contribution in [3.05, 3.63) is 41.7 Å². The molecule has 0 spiro atoms. The van der Waals surface area contributed by atoms with E-state index in [1.165, 1.54) is 12.3 Å². The van der Waals surface area contributed by atoms with Gasteiger partial charge in [0.05, 0.1) is 11.7 Å². The van der Waals surface area contributed by atoms with E-state index >= 15 is 0 Å². The summed E-state index contributed by atoms with van der Waals surface area (Å²) in [5.41, 5.74) is 0.635. The molecule has 0 unspecified atom stereocenters. The van der Waals surface area contributed by atoms with Gasteiger partial charge in [0.2, 0.25) is 0 Å². The molecular formula is C12H15F2N5. The summed E-state index contributed by atoms with van der Waals surface area (Å²) in [4.78, 5) is 8.12. The van der Waals surface area contributed by atoms with Crippen LogP contribution in [-0.4, -0.2) is 19.7 Å². The minimum absolute atomic E-state index is 0.0298. The molecule has 1 N–H and O–H groups in total. The SMILES string of the molecule is C[C@@H](NCc1ccc(C(F)F)cn1)c1ncn(C)n1. The van der Waals surface area contributed by atoms with E-state index < -0.39 is 6.43 Å². The summed E-state index contributed by atoms with van der Waals surface area (Å²) >= 11 is 0. The van der Waals surface area contributed by atoms with Crippen LogP contribution in [-0.2, 0) is 13.6 Å². The number of nitrogens with zero attached hydrogens (tertiary/aromatic N) is 4. The van der Waals surface area contributed by atoms with Gasteiger partial charge in [-0.1, -0.05) is 0 Å². The van der Waals surface area contributed by atoms with E-state index in [2.05, 4.69) is 20.4 Å². The number of hydrogen-bond donors (Lipinski definition) is 1. The van der Waals surface area contributed by atoms with Crippen LogP contribution in [0.3, 0.4) is 0 Å². The summed E-state index contributed by atoms with van der Waals surface area (Å²) in [6, 6.07) is 2.95. The highest BCUT2D eigenvalue weighted by atomic mass is 19.3. The summed E-state index contributed by atoms with van der Waals surface area (Å²) in [6.07, 6.45) is 0.348. The van der Waals surface area contributed by atoms with Crippen molar-refractivity contribution in [1.29, 1.82) is 0 Å². The van der Waals surface area contributed by atoms with E-state index in [0.29, 0.717) is 18.1 Å². The fourth-order valence-electron chi connectivity index (χ4n) is 1.57. The van der Waals surface area contributed by atoms with Crippen LogP contribution in [0.5, 0.6) is 0 Å². The molecule has 2 aromatic rings. The molecule has 0 amide bonds. The van der Waals surface area contributed by atoms with Crippen molar-refractivity contribution in [3.8, 4) is 0 Å². The zero-order chi connectivity index (χ0) is 13.8. The zero-order valence-electron chi connectivity index (χ0n) is 10.7. The first-order chi connectivity index (χ1) is 9.06. The molecule has 0 aliphatic rings. The maximum Gasteiger partial charge on any atom is 0.265 e. The predicted octanol–water partition coefficient (Wildman–Crippen LogP) is 2.00. The first kappa shape index (κ1) is 13.5. The molecule has 5 nitrogen and oxygen atoms in total. The van der Waals surface area contributed by atoms with Crippen LogP contribution >= 0.6 is 0 Å². The quantitative estimate of drug-likeness (QED) is 0.900. The van der Waals surface area contributed by atoms with Gasteiger partial charge in [-0.2, -0.15) is 5.10 Å². The van der Waals surface area contributed by atoms with Gasteiger partial charge in [-0.3, -0.25) is 9.67 Å². The van der Waals surface area contributed by atoms with Gasteiger partial charge in [-0.05, 0) is 19.1 Å². The number of aryl methyl sites for hydroxylation is 1. The Bertz CT molecular complexity index is 523. The lowest BCUT2D eigenvalue weighted by Gasteiger charge is -2.10. The molecule has 2 heterocycles. The van der Waals surface area contributed by atoms with Gasteiger partial charge in [-0.25, -0.2) is 13.8 Å². The van der Waals surface area contributed by atoms with Gasteiger partial charge in [0.15, 0.2) is 5.82 Å². The number of alkyl halides is 2. The smallest absolute Gasteiger partial charge is 0.265 e. The van der Waals surface area contributed by atoms with Gasteiger partial charge in [0, 0.05) is 25.4 Å². The minimum atomic E-state index is -2.48. The number of aromatic nitrogens is 4. The van der Waals surface area contributed by atoms with Gasteiger partial charge in [0.25, 0.3) is 6.43 Å². The molecule has 0 fully saturated rings. The van der Waals surface area contributed by atoms with Crippen molar-refractivity contribution in [2.75, 3.05) is 0 Å². The predicted molar refractivity (Wildman–Crippen MR) is 65.5 cm³/mol. The summed E-state index contributed by atoms with van der Waals surface area (Å²) in [6.45, 7) is 2.41. The van der Waals surface area contributed by atoms with E-state index in [4.69, 9.17) is 0 Å². The third-order valence-electron chi connectivity index (χ3n) is 2.69. The number of pyridine rings is 1. The Morgan fingerprint density at radius 2 is 2.11 bits per heavy atom. The second kappa shape index (κ2) is 5.83. The molecular weight excluding hydrogens is 252 g/mol. The Hall–Kier alpha value is -1.89. The van der Waals surface area contributed by atoms with Gasteiger partial charge >= 0.3 is 0 Å². The second-order valence-electron chi connectivity index (χ2n) is 4.26. The average Bonchev–Trinajstić information content (AvgIpc) is 2.83. The molecule has 0 aliphatic carbocycles. The Labute approximate surface area is 109 Å². The summed E-state index contributed by atoms with van der Waals surface area (Å²) < 4.78 is 26.4. The molecule has 102 valence electrons. The summed E-state index contributed by atoms with van der Waals surface area (Å²) in [5, 5.41) is 7.37. The lowest BCUT2D eigenvalue weighted by Crippen LogP contribution is -2.20. The normalized spacial score (nSPS) is 12.9. The van der Waals surface area contributed by atoms with Crippen molar-refractivity contribution >= 4 is 0 Å². The van der Waals surface area contributed by atoms with E-state index in [-0.39, 0.29) is 11.6 Å². The van der Waals surface area contributed by atoms with E-state index in [1.54, 1.807) is 24.1 Å². The minimum Gasteiger partial charge on any atom is -0.302 e. The molecule has 0 saturated heterocycles. The van der Waals surface area contributed by atoms with Crippen molar-refractivity contribution in [2.24, 2.45) is 7.05 Å². The highest BCUT2D eigenvalue weighted by Crippen LogP contribution is 2.17. The van der Waals surface area contributed by atoms with Crippen LogP contribution in [0.1, 0.15) is 36.5 Å². The fraction of sp³-hybridized carbons (Fsp3) is 0.417. The third-order valence-corrected chi connectivity index (χ3v) is 2.69. The maximum atomic E-state index is 12.4. The Morgan fingerprint density at radius 3 is 2.63 bits per heavy atom. The lowest BCUT2D eigenvalue weighted by molar-refractivity contribution is 0.151. The van der Waals surface area contributed by atoms with E-state index in [0.717, 1.165) is 0 Å². The van der Waals surface area contributed by atoms with Crippen molar-refractivity contribution < 1.29 is 8.78 Å². The molecule has 7 heteroatoms. The van der Waals surface area contributed by atoms with Crippen LogP contribution in [0.2, 0.25) is 0 Å². The van der Waals surface area contributed by atoms with Crippen LogP contribution in [0.4, 0.5) is 8.78 Å². The monoisotopic (exact) mass is 267 g/mol. The Kier molecular flexibility index (Phi) is 4.16. The Morgan fingerprint density at radius 1 is 1.32 bits per heavy atom. The number of halogens is 2. The molecule has 19 heavy (non-hydrogen) atoms.